The largest absolute Gasteiger partial charge is 0.361 e. The van der Waals surface area contributed by atoms with Gasteiger partial charge in [-0.15, -0.1) is 0 Å². The molecule has 1 N–H and O–H groups in total. The van der Waals surface area contributed by atoms with E-state index in [9.17, 15) is 0 Å². The quantitative estimate of drug-likeness (QED) is 0.806. The van der Waals surface area contributed by atoms with E-state index >= 15 is 0 Å². The number of aryl methyl sites for hydroxylation is 1. The normalized spacial score (nSPS) is 13.5. The van der Waals surface area contributed by atoms with Crippen molar-refractivity contribution in [3.8, 4) is 0 Å². The van der Waals surface area contributed by atoms with Gasteiger partial charge < -0.3 is 4.98 Å². The second-order valence-electron chi connectivity index (χ2n) is 4.85. The van der Waals surface area contributed by atoms with Crippen molar-refractivity contribution in [2.45, 2.75) is 26.2 Å². The van der Waals surface area contributed by atoms with Crippen molar-refractivity contribution < 1.29 is 0 Å². The van der Waals surface area contributed by atoms with Crippen LogP contribution in [0, 0.1) is 6.42 Å². The molecule has 0 atom stereocenters. The van der Waals surface area contributed by atoms with Gasteiger partial charge in [-0.25, -0.2) is 0 Å². The summed E-state index contributed by atoms with van der Waals surface area (Å²) in [5.41, 5.74) is 6.69. The highest BCUT2D eigenvalue weighted by atomic mass is 14.7. The van der Waals surface area contributed by atoms with Gasteiger partial charge in [0.25, 0.3) is 0 Å². The number of nitrogens with one attached hydrogen (secondary N) is 1. The third-order valence-electron chi connectivity index (χ3n) is 3.54. The van der Waals surface area contributed by atoms with Crippen LogP contribution in [-0.4, -0.2) is 4.98 Å². The number of aromatic amines is 1. The summed E-state index contributed by atoms with van der Waals surface area (Å²) in [7, 11) is 0. The molecule has 0 bridgehead atoms. The van der Waals surface area contributed by atoms with Crippen molar-refractivity contribution >= 4 is 11.6 Å². The molecule has 1 heterocycles. The number of H-pyrrole nitrogens is 1. The number of unbranched alkanes of at least 4 members (excludes halogenated alkanes) is 1. The third-order valence-corrected chi connectivity index (χ3v) is 3.54. The van der Waals surface area contributed by atoms with Crippen LogP contribution in [0.3, 0.4) is 0 Å². The zero-order valence-corrected chi connectivity index (χ0v) is 10.7. The van der Waals surface area contributed by atoms with E-state index in [-0.39, 0.29) is 0 Å². The second-order valence-corrected chi connectivity index (χ2v) is 4.85. The first-order valence-corrected chi connectivity index (χ1v) is 6.70. The third kappa shape index (κ3) is 2.01. The molecule has 1 aliphatic rings. The molecule has 2 aromatic rings. The Morgan fingerprint density at radius 3 is 2.67 bits per heavy atom. The van der Waals surface area contributed by atoms with E-state index in [0.29, 0.717) is 0 Å². The van der Waals surface area contributed by atoms with Crippen molar-refractivity contribution in [1.82, 2.24) is 4.98 Å². The van der Waals surface area contributed by atoms with E-state index < -0.39 is 0 Å². The second kappa shape index (κ2) is 4.85. The molecule has 0 spiro atoms. The first-order chi connectivity index (χ1) is 8.88. The summed E-state index contributed by atoms with van der Waals surface area (Å²) >= 11 is 0. The lowest BCUT2D eigenvalue weighted by Crippen LogP contribution is -1.91. The van der Waals surface area contributed by atoms with Gasteiger partial charge in [0.2, 0.25) is 0 Å². The molecule has 1 aliphatic carbocycles. The predicted octanol–water partition coefficient (Wildman–Crippen LogP) is 4.46. The van der Waals surface area contributed by atoms with Gasteiger partial charge in [-0.2, -0.15) is 0 Å². The van der Waals surface area contributed by atoms with E-state index in [1.807, 2.05) is 0 Å². The summed E-state index contributed by atoms with van der Waals surface area (Å²) in [6.07, 6.45) is 10.3. The Morgan fingerprint density at radius 2 is 1.89 bits per heavy atom. The van der Waals surface area contributed by atoms with Gasteiger partial charge in [0.05, 0.1) is 0 Å². The Morgan fingerprint density at radius 1 is 1.06 bits per heavy atom. The molecule has 91 valence electrons. The minimum Gasteiger partial charge on any atom is -0.361 e. The molecule has 0 saturated heterocycles. The summed E-state index contributed by atoms with van der Waals surface area (Å²) in [5, 5.41) is 0. The van der Waals surface area contributed by atoms with Crippen molar-refractivity contribution in [3.63, 3.8) is 0 Å². The summed E-state index contributed by atoms with van der Waals surface area (Å²) < 4.78 is 0. The van der Waals surface area contributed by atoms with Gasteiger partial charge in [-0.05, 0) is 47.2 Å². The van der Waals surface area contributed by atoms with Crippen LogP contribution in [0.15, 0.2) is 36.5 Å². The number of benzene rings is 1. The molecule has 3 rings (SSSR count). The fourth-order valence-corrected chi connectivity index (χ4v) is 2.54. The molecule has 0 aliphatic heterocycles. The zero-order chi connectivity index (χ0) is 12.4. The molecule has 0 fully saturated rings. The summed E-state index contributed by atoms with van der Waals surface area (Å²) in [6, 6.07) is 10.8. The topological polar surface area (TPSA) is 15.8 Å². The smallest absolute Gasteiger partial charge is 0.0452 e. The first-order valence-electron chi connectivity index (χ1n) is 6.70. The average Bonchev–Trinajstić information content (AvgIpc) is 3.01. The van der Waals surface area contributed by atoms with Gasteiger partial charge in [0.1, 0.15) is 0 Å². The number of allylic oxidation sites excluding steroid dienone is 1. The molecule has 1 aromatic heterocycles. The van der Waals surface area contributed by atoms with E-state index in [1.165, 1.54) is 40.8 Å². The van der Waals surface area contributed by atoms with Crippen molar-refractivity contribution in [1.29, 1.82) is 0 Å². The maximum atomic E-state index is 3.39. The van der Waals surface area contributed by atoms with Crippen molar-refractivity contribution in [2.75, 3.05) is 0 Å². The predicted molar refractivity (Wildman–Crippen MR) is 77.1 cm³/mol. The van der Waals surface area contributed by atoms with E-state index in [0.717, 1.165) is 6.42 Å². The Bertz CT molecular complexity index is 575. The molecule has 1 nitrogen and oxygen atoms in total. The Balaban J connectivity index is 1.88. The van der Waals surface area contributed by atoms with Crippen LogP contribution in [0.1, 0.15) is 42.1 Å². The van der Waals surface area contributed by atoms with Crippen LogP contribution < -0.4 is 0 Å². The molecule has 0 saturated carbocycles. The van der Waals surface area contributed by atoms with Crippen LogP contribution in [0.4, 0.5) is 0 Å². The van der Waals surface area contributed by atoms with E-state index in [1.54, 1.807) is 0 Å². The molecule has 0 amide bonds. The summed E-state index contributed by atoms with van der Waals surface area (Å²) in [5.74, 6) is 0. The lowest BCUT2D eigenvalue weighted by atomic mass is 10.0. The number of hydrogen-bond donors (Lipinski definition) is 1. The molecule has 0 unspecified atom stereocenters. The van der Waals surface area contributed by atoms with Gasteiger partial charge in [-0.1, -0.05) is 37.6 Å². The SMILES string of the molecule is CCCCc1cc[nH]c1C1=Cc2ccccc2[CH]1. The molecule has 1 radical (unpaired) electrons. The standard InChI is InChI=1S/C17H18N/c1-2-3-6-13-9-10-18-17(13)16-11-14-7-4-5-8-15(14)12-16/h4-5,7-12,18H,2-3,6H2,1H3. The summed E-state index contributed by atoms with van der Waals surface area (Å²) in [6.45, 7) is 2.24. The van der Waals surface area contributed by atoms with E-state index in [4.69, 9.17) is 0 Å². The van der Waals surface area contributed by atoms with Crippen LogP contribution in [0.2, 0.25) is 0 Å². The molecular weight excluding hydrogens is 218 g/mol. The monoisotopic (exact) mass is 236 g/mol. The van der Waals surface area contributed by atoms with Gasteiger partial charge in [-0.3, -0.25) is 0 Å². The molecule has 1 heteroatoms. The Labute approximate surface area is 109 Å². The fourth-order valence-electron chi connectivity index (χ4n) is 2.54. The first kappa shape index (κ1) is 11.3. The van der Waals surface area contributed by atoms with Crippen LogP contribution >= 0.6 is 0 Å². The van der Waals surface area contributed by atoms with Crippen LogP contribution in [0.25, 0.3) is 11.6 Å². The van der Waals surface area contributed by atoms with Gasteiger partial charge in [0.15, 0.2) is 0 Å². The van der Waals surface area contributed by atoms with Gasteiger partial charge >= 0.3 is 0 Å². The zero-order valence-electron chi connectivity index (χ0n) is 10.7. The lowest BCUT2D eigenvalue weighted by molar-refractivity contribution is 0.794. The fraction of sp³-hybridized carbons (Fsp3) is 0.235. The highest BCUT2D eigenvalue weighted by molar-refractivity contribution is 5.94. The van der Waals surface area contributed by atoms with Crippen LogP contribution in [-0.2, 0) is 6.42 Å². The number of aromatic nitrogens is 1. The minimum absolute atomic E-state index is 1.16. The number of hydrogen-bond acceptors (Lipinski definition) is 0. The molecular formula is C17H18N. The van der Waals surface area contributed by atoms with E-state index in [2.05, 4.69) is 60.9 Å². The van der Waals surface area contributed by atoms with Gasteiger partial charge in [0, 0.05) is 18.3 Å². The number of fused-ring (bicyclic) bond motifs is 1. The maximum Gasteiger partial charge on any atom is 0.0452 e. The highest BCUT2D eigenvalue weighted by Crippen LogP contribution is 2.34. The van der Waals surface area contributed by atoms with Crippen molar-refractivity contribution in [2.24, 2.45) is 0 Å². The summed E-state index contributed by atoms with van der Waals surface area (Å²) in [4.78, 5) is 3.39. The highest BCUT2D eigenvalue weighted by Gasteiger charge is 2.16. The maximum absolute atomic E-state index is 3.39. The lowest BCUT2D eigenvalue weighted by Gasteiger charge is -2.04. The molecule has 1 aromatic carbocycles. The minimum atomic E-state index is 1.16. The average molecular weight is 236 g/mol. The Kier molecular flexibility index (Phi) is 3.06. The van der Waals surface area contributed by atoms with Crippen LogP contribution in [0.5, 0.6) is 0 Å². The molecule has 18 heavy (non-hydrogen) atoms. The van der Waals surface area contributed by atoms with Crippen molar-refractivity contribution in [3.05, 3.63) is 65.3 Å². The Hall–Kier alpha value is -1.76. The number of rotatable bonds is 4.